The largest absolute Gasteiger partial charge is 0.359 e. The maximum atomic E-state index is 8.34. The minimum Gasteiger partial charge on any atom is -0.359 e. The Labute approximate surface area is 67.3 Å². The number of aliphatic imine (C=N–C) groups is 1. The molecular weight excluding hydrogens is 140 g/mol. The number of hydrogen-bond acceptors (Lipinski definition) is 2. The molecule has 0 amide bonds. The monoisotopic (exact) mass is 154 g/mol. The highest BCUT2D eigenvalue weighted by Gasteiger charge is 2.00. The predicted octanol–water partition coefficient (Wildman–Crippen LogP) is 0.0834. The lowest BCUT2D eigenvalue weighted by Crippen LogP contribution is -2.40. The standard InChI is InChI=1S/C7H14N4/c1-6(4-5-8)11-7(9-2)10-3/h6H,4H2,1-3H3,(H2,9,10,11). The van der Waals surface area contributed by atoms with Crippen LogP contribution in [0.25, 0.3) is 0 Å². The van der Waals surface area contributed by atoms with Crippen molar-refractivity contribution >= 4 is 5.96 Å². The van der Waals surface area contributed by atoms with E-state index in [1.165, 1.54) is 0 Å². The van der Waals surface area contributed by atoms with E-state index in [-0.39, 0.29) is 6.04 Å². The molecule has 0 aromatic carbocycles. The maximum absolute atomic E-state index is 8.34. The van der Waals surface area contributed by atoms with Gasteiger partial charge in [0.2, 0.25) is 0 Å². The summed E-state index contributed by atoms with van der Waals surface area (Å²) >= 11 is 0. The number of hydrogen-bond donors (Lipinski definition) is 2. The summed E-state index contributed by atoms with van der Waals surface area (Å²) in [6.07, 6.45) is 0.487. The molecule has 0 spiro atoms. The van der Waals surface area contributed by atoms with Crippen LogP contribution >= 0.6 is 0 Å². The van der Waals surface area contributed by atoms with Gasteiger partial charge in [-0.05, 0) is 6.92 Å². The number of nitriles is 1. The minimum atomic E-state index is 0.145. The Kier molecular flexibility index (Phi) is 4.91. The van der Waals surface area contributed by atoms with Crippen molar-refractivity contribution in [3.05, 3.63) is 0 Å². The molecule has 0 fully saturated rings. The van der Waals surface area contributed by atoms with Crippen molar-refractivity contribution in [3.63, 3.8) is 0 Å². The average molecular weight is 154 g/mol. The molecule has 0 aromatic rings. The summed E-state index contributed by atoms with van der Waals surface area (Å²) in [5.41, 5.74) is 0. The lowest BCUT2D eigenvalue weighted by Gasteiger charge is -2.12. The van der Waals surface area contributed by atoms with Crippen LogP contribution in [-0.4, -0.2) is 26.1 Å². The molecule has 4 heteroatoms. The third-order valence-electron chi connectivity index (χ3n) is 1.24. The molecule has 0 aliphatic heterocycles. The Morgan fingerprint density at radius 1 is 1.73 bits per heavy atom. The minimum absolute atomic E-state index is 0.145. The molecular formula is C7H14N4. The quantitative estimate of drug-likeness (QED) is 0.437. The van der Waals surface area contributed by atoms with Crippen LogP contribution in [0.5, 0.6) is 0 Å². The van der Waals surface area contributed by atoms with E-state index in [4.69, 9.17) is 5.26 Å². The topological polar surface area (TPSA) is 60.2 Å². The first-order valence-electron chi connectivity index (χ1n) is 3.52. The van der Waals surface area contributed by atoms with Crippen LogP contribution in [0.4, 0.5) is 0 Å². The van der Waals surface area contributed by atoms with E-state index >= 15 is 0 Å². The van der Waals surface area contributed by atoms with Crippen LogP contribution in [0.3, 0.4) is 0 Å². The van der Waals surface area contributed by atoms with Gasteiger partial charge in [0.25, 0.3) is 0 Å². The van der Waals surface area contributed by atoms with Crippen LogP contribution in [0.15, 0.2) is 4.99 Å². The van der Waals surface area contributed by atoms with Gasteiger partial charge in [-0.3, -0.25) is 4.99 Å². The van der Waals surface area contributed by atoms with E-state index in [1.54, 1.807) is 14.1 Å². The summed E-state index contributed by atoms with van der Waals surface area (Å²) in [4.78, 5) is 3.91. The molecule has 0 saturated carbocycles. The molecule has 0 bridgehead atoms. The molecule has 2 N–H and O–H groups in total. The van der Waals surface area contributed by atoms with E-state index in [1.807, 2.05) is 6.92 Å². The highest BCUT2D eigenvalue weighted by molar-refractivity contribution is 5.79. The third kappa shape index (κ3) is 4.20. The Balaban J connectivity index is 3.74. The second kappa shape index (κ2) is 5.54. The molecule has 1 unspecified atom stereocenters. The fourth-order valence-corrected chi connectivity index (χ4v) is 0.670. The Morgan fingerprint density at radius 3 is 2.73 bits per heavy atom. The van der Waals surface area contributed by atoms with Crippen molar-refractivity contribution in [2.45, 2.75) is 19.4 Å². The molecule has 0 aliphatic rings. The summed E-state index contributed by atoms with van der Waals surface area (Å²) in [6, 6.07) is 2.22. The van der Waals surface area contributed by atoms with Crippen molar-refractivity contribution in [3.8, 4) is 6.07 Å². The lowest BCUT2D eigenvalue weighted by molar-refractivity contribution is 0.666. The number of nitrogens with one attached hydrogen (secondary N) is 2. The van der Waals surface area contributed by atoms with E-state index in [9.17, 15) is 0 Å². The van der Waals surface area contributed by atoms with E-state index in [2.05, 4.69) is 21.7 Å². The van der Waals surface area contributed by atoms with Crippen LogP contribution < -0.4 is 10.6 Å². The van der Waals surface area contributed by atoms with Crippen molar-refractivity contribution < 1.29 is 0 Å². The lowest BCUT2D eigenvalue weighted by atomic mass is 10.3. The molecule has 0 rings (SSSR count). The van der Waals surface area contributed by atoms with Gasteiger partial charge in [0.15, 0.2) is 5.96 Å². The molecule has 4 nitrogen and oxygen atoms in total. The first-order chi connectivity index (χ1) is 5.24. The van der Waals surface area contributed by atoms with Gasteiger partial charge in [0, 0.05) is 20.1 Å². The molecule has 0 saturated heterocycles. The first kappa shape index (κ1) is 9.76. The molecule has 1 atom stereocenters. The van der Waals surface area contributed by atoms with Gasteiger partial charge in [-0.15, -0.1) is 0 Å². The van der Waals surface area contributed by atoms with Gasteiger partial charge >= 0.3 is 0 Å². The molecule has 62 valence electrons. The molecule has 0 aliphatic carbocycles. The zero-order chi connectivity index (χ0) is 8.69. The van der Waals surface area contributed by atoms with Crippen LogP contribution in [-0.2, 0) is 0 Å². The predicted molar refractivity (Wildman–Crippen MR) is 45.2 cm³/mol. The smallest absolute Gasteiger partial charge is 0.190 e. The normalized spacial score (nSPS) is 13.5. The third-order valence-corrected chi connectivity index (χ3v) is 1.24. The van der Waals surface area contributed by atoms with Crippen molar-refractivity contribution in [1.29, 1.82) is 5.26 Å². The average Bonchev–Trinajstić information content (AvgIpc) is 2.01. The Hall–Kier alpha value is -1.24. The summed E-state index contributed by atoms with van der Waals surface area (Å²) in [6.45, 7) is 1.94. The molecule has 11 heavy (non-hydrogen) atoms. The van der Waals surface area contributed by atoms with Crippen LogP contribution in [0.2, 0.25) is 0 Å². The van der Waals surface area contributed by atoms with Gasteiger partial charge in [-0.25, -0.2) is 0 Å². The van der Waals surface area contributed by atoms with E-state index in [0.717, 1.165) is 0 Å². The Bertz CT molecular complexity index is 168. The van der Waals surface area contributed by atoms with Crippen LogP contribution in [0.1, 0.15) is 13.3 Å². The second-order valence-corrected chi connectivity index (χ2v) is 2.23. The van der Waals surface area contributed by atoms with Gasteiger partial charge in [0.1, 0.15) is 0 Å². The summed E-state index contributed by atoms with van der Waals surface area (Å²) < 4.78 is 0. The van der Waals surface area contributed by atoms with Crippen molar-refractivity contribution in [1.82, 2.24) is 10.6 Å². The zero-order valence-electron chi connectivity index (χ0n) is 7.18. The highest BCUT2D eigenvalue weighted by Crippen LogP contribution is 1.86. The molecule has 0 heterocycles. The van der Waals surface area contributed by atoms with Gasteiger partial charge in [-0.2, -0.15) is 5.26 Å². The second-order valence-electron chi connectivity index (χ2n) is 2.23. The first-order valence-corrected chi connectivity index (χ1v) is 3.52. The molecule has 0 radical (unpaired) electrons. The van der Waals surface area contributed by atoms with Crippen LogP contribution in [0, 0.1) is 11.3 Å². The summed E-state index contributed by atoms with van der Waals surface area (Å²) in [5, 5.41) is 14.2. The van der Waals surface area contributed by atoms with E-state index in [0.29, 0.717) is 12.4 Å². The Morgan fingerprint density at radius 2 is 2.36 bits per heavy atom. The highest BCUT2D eigenvalue weighted by atomic mass is 15.2. The number of guanidine groups is 1. The number of rotatable bonds is 2. The van der Waals surface area contributed by atoms with Gasteiger partial charge in [-0.1, -0.05) is 0 Å². The fraction of sp³-hybridized carbons (Fsp3) is 0.714. The van der Waals surface area contributed by atoms with Crippen molar-refractivity contribution in [2.24, 2.45) is 4.99 Å². The van der Waals surface area contributed by atoms with Gasteiger partial charge in [0.05, 0.1) is 12.5 Å². The van der Waals surface area contributed by atoms with E-state index < -0.39 is 0 Å². The van der Waals surface area contributed by atoms with Crippen molar-refractivity contribution in [2.75, 3.05) is 14.1 Å². The zero-order valence-corrected chi connectivity index (χ0v) is 7.18. The summed E-state index contributed by atoms with van der Waals surface area (Å²) in [5.74, 6) is 0.716. The maximum Gasteiger partial charge on any atom is 0.190 e. The fourth-order valence-electron chi connectivity index (χ4n) is 0.670. The SMILES string of the molecule is CN=C(NC)NC(C)CC#N. The summed E-state index contributed by atoms with van der Waals surface area (Å²) in [7, 11) is 3.48. The molecule has 0 aromatic heterocycles. The van der Waals surface area contributed by atoms with Gasteiger partial charge < -0.3 is 10.6 Å². The number of nitrogens with zero attached hydrogens (tertiary/aromatic N) is 2.